The van der Waals surface area contributed by atoms with Gasteiger partial charge in [-0.2, -0.15) is 0 Å². The van der Waals surface area contributed by atoms with Crippen molar-refractivity contribution >= 4 is 26.8 Å². The highest BCUT2D eigenvalue weighted by molar-refractivity contribution is 7.89. The van der Waals surface area contributed by atoms with Crippen LogP contribution in [0.4, 0.5) is 0 Å². The zero-order valence-electron chi connectivity index (χ0n) is 18.8. The number of para-hydroxylation sites is 1. The minimum Gasteiger partial charge on any atom is -0.492 e. The number of aromatic amines is 1. The van der Waals surface area contributed by atoms with Crippen LogP contribution < -0.4 is 15.2 Å². The molecule has 1 aromatic heterocycles. The molecule has 2 heterocycles. The Kier molecular flexibility index (Phi) is 6.06. The summed E-state index contributed by atoms with van der Waals surface area (Å²) in [6.07, 6.45) is 2.67. The van der Waals surface area contributed by atoms with Gasteiger partial charge in [-0.1, -0.05) is 36.4 Å². The van der Waals surface area contributed by atoms with Gasteiger partial charge in [0.05, 0.1) is 13.2 Å². The number of primary amides is 1. The number of amides is 1. The van der Waals surface area contributed by atoms with E-state index >= 15 is 0 Å². The summed E-state index contributed by atoms with van der Waals surface area (Å²) >= 11 is 0. The predicted octanol–water partition coefficient (Wildman–Crippen LogP) is 2.75. The fourth-order valence-electron chi connectivity index (χ4n) is 4.57. The first-order chi connectivity index (χ1) is 16.9. The quantitative estimate of drug-likeness (QED) is 0.301. The summed E-state index contributed by atoms with van der Waals surface area (Å²) < 4.78 is 35.4. The highest BCUT2D eigenvalue weighted by atomic mass is 32.2. The Balaban J connectivity index is 1.51. The second-order valence-electron chi connectivity index (χ2n) is 8.54. The van der Waals surface area contributed by atoms with Gasteiger partial charge in [-0.25, -0.2) is 13.1 Å². The molecule has 4 aromatic rings. The van der Waals surface area contributed by atoms with Crippen LogP contribution >= 0.6 is 0 Å². The Morgan fingerprint density at radius 3 is 2.71 bits per heavy atom. The number of hydrogen-bond donors (Lipinski definition) is 4. The number of hydrogen-bond acceptors (Lipinski definition) is 5. The number of fused-ring (bicyclic) bond motifs is 2. The second-order valence-corrected chi connectivity index (χ2v) is 10.2. The van der Waals surface area contributed by atoms with Gasteiger partial charge in [-0.3, -0.25) is 4.79 Å². The number of nitrogens with two attached hydrogens (primary N) is 1. The van der Waals surface area contributed by atoms with Gasteiger partial charge in [-0.05, 0) is 52.9 Å². The van der Waals surface area contributed by atoms with E-state index < -0.39 is 22.0 Å². The number of rotatable bonds is 8. The molecule has 0 saturated heterocycles. The number of ether oxygens (including phenoxy) is 1. The molecule has 180 valence electrons. The van der Waals surface area contributed by atoms with Crippen molar-refractivity contribution in [2.24, 2.45) is 5.73 Å². The van der Waals surface area contributed by atoms with Crippen LogP contribution in [-0.2, 0) is 22.9 Å². The number of benzene rings is 3. The van der Waals surface area contributed by atoms with Crippen molar-refractivity contribution in [1.29, 1.82) is 0 Å². The maximum atomic E-state index is 13.6. The van der Waals surface area contributed by atoms with Crippen LogP contribution in [0.3, 0.4) is 0 Å². The van der Waals surface area contributed by atoms with E-state index in [1.807, 2.05) is 36.5 Å². The molecule has 5 N–H and O–H groups in total. The van der Waals surface area contributed by atoms with Crippen molar-refractivity contribution in [2.75, 3.05) is 13.2 Å². The van der Waals surface area contributed by atoms with E-state index in [4.69, 9.17) is 10.5 Å². The smallest absolute Gasteiger partial charge is 0.249 e. The third-order valence-corrected chi connectivity index (χ3v) is 7.75. The van der Waals surface area contributed by atoms with E-state index in [1.165, 1.54) is 6.07 Å². The monoisotopic (exact) mass is 491 g/mol. The summed E-state index contributed by atoms with van der Waals surface area (Å²) in [4.78, 5) is 15.1. The average molecular weight is 492 g/mol. The summed E-state index contributed by atoms with van der Waals surface area (Å²) in [5.41, 5.74) is 9.53. The Morgan fingerprint density at radius 1 is 1.14 bits per heavy atom. The number of nitrogens with one attached hydrogen (secondary N) is 2. The Morgan fingerprint density at radius 2 is 1.91 bits per heavy atom. The van der Waals surface area contributed by atoms with Crippen LogP contribution in [0, 0.1) is 0 Å². The Bertz CT molecular complexity index is 1530. The summed E-state index contributed by atoms with van der Waals surface area (Å²) in [6.45, 7) is -0.0243. The molecule has 0 spiro atoms. The standard InChI is InChI=1S/C26H25N3O5S/c27-26(31)22-7-2-1-5-20(22)17-11-16-9-10-34-25(16)24(13-17)35(32,33)29-19(15-30)12-18-14-28-23-8-4-3-6-21(18)23/h1-8,11,13-14,19,28-30H,9-10,12,15H2,(H2,27,31)/t19-/m1/s1. The van der Waals surface area contributed by atoms with Gasteiger partial charge in [0.1, 0.15) is 10.6 Å². The van der Waals surface area contributed by atoms with Crippen LogP contribution in [0.25, 0.3) is 22.0 Å². The SMILES string of the molecule is NC(=O)c1ccccc1-c1cc2c(c(S(=O)(=O)N[C@@H](CO)Cc3c[nH]c4ccccc34)c1)OCC2. The first-order valence-electron chi connectivity index (χ1n) is 11.2. The third-order valence-electron chi connectivity index (χ3n) is 6.23. The van der Waals surface area contributed by atoms with E-state index in [2.05, 4.69) is 9.71 Å². The molecular formula is C26H25N3O5S. The summed E-state index contributed by atoms with van der Waals surface area (Å²) in [5, 5.41) is 11.0. The van der Waals surface area contributed by atoms with Gasteiger partial charge in [-0.15, -0.1) is 0 Å². The number of aliphatic hydroxyl groups is 1. The lowest BCUT2D eigenvalue weighted by atomic mass is 9.97. The minimum atomic E-state index is -4.08. The molecule has 9 heteroatoms. The predicted molar refractivity (Wildman–Crippen MR) is 133 cm³/mol. The topological polar surface area (TPSA) is 135 Å². The summed E-state index contributed by atoms with van der Waals surface area (Å²) in [6, 6.07) is 17.1. The Labute approximate surface area is 202 Å². The van der Waals surface area contributed by atoms with Gasteiger partial charge in [0.25, 0.3) is 0 Å². The molecule has 3 aromatic carbocycles. The van der Waals surface area contributed by atoms with E-state index in [0.717, 1.165) is 22.0 Å². The molecule has 0 saturated carbocycles. The average Bonchev–Trinajstić information content (AvgIpc) is 3.50. The molecular weight excluding hydrogens is 466 g/mol. The van der Waals surface area contributed by atoms with Crippen LogP contribution in [-0.4, -0.2) is 43.7 Å². The van der Waals surface area contributed by atoms with E-state index in [-0.39, 0.29) is 11.5 Å². The van der Waals surface area contributed by atoms with Crippen LogP contribution in [0.2, 0.25) is 0 Å². The maximum absolute atomic E-state index is 13.6. The number of H-pyrrole nitrogens is 1. The van der Waals surface area contributed by atoms with Crippen LogP contribution in [0.15, 0.2) is 71.8 Å². The van der Waals surface area contributed by atoms with Crippen molar-refractivity contribution in [2.45, 2.75) is 23.8 Å². The summed E-state index contributed by atoms with van der Waals surface area (Å²) in [7, 11) is -4.08. The van der Waals surface area contributed by atoms with E-state index in [1.54, 1.807) is 24.3 Å². The lowest BCUT2D eigenvalue weighted by molar-refractivity contribution is 0.100. The zero-order valence-corrected chi connectivity index (χ0v) is 19.6. The van der Waals surface area contributed by atoms with Gasteiger partial charge >= 0.3 is 0 Å². The molecule has 0 radical (unpaired) electrons. The molecule has 0 aliphatic carbocycles. The van der Waals surface area contributed by atoms with Crippen LogP contribution in [0.5, 0.6) is 5.75 Å². The lowest BCUT2D eigenvalue weighted by Gasteiger charge is -2.19. The summed E-state index contributed by atoms with van der Waals surface area (Å²) in [5.74, 6) is -0.305. The maximum Gasteiger partial charge on any atom is 0.249 e. The van der Waals surface area contributed by atoms with E-state index in [9.17, 15) is 18.3 Å². The zero-order chi connectivity index (χ0) is 24.6. The first kappa shape index (κ1) is 23.1. The van der Waals surface area contributed by atoms with Crippen molar-refractivity contribution in [3.8, 4) is 16.9 Å². The normalized spacial score (nSPS) is 14.0. The fraction of sp³-hybridized carbons (Fsp3) is 0.192. The highest BCUT2D eigenvalue weighted by Gasteiger charge is 2.29. The van der Waals surface area contributed by atoms with Gasteiger partial charge in [0.15, 0.2) is 0 Å². The molecule has 5 rings (SSSR count). The molecule has 0 bridgehead atoms. The van der Waals surface area contributed by atoms with Crippen molar-refractivity contribution in [3.63, 3.8) is 0 Å². The minimum absolute atomic E-state index is 0.0286. The number of aromatic nitrogens is 1. The molecule has 1 aliphatic heterocycles. The van der Waals surface area contributed by atoms with Crippen molar-refractivity contribution < 1.29 is 23.1 Å². The molecule has 35 heavy (non-hydrogen) atoms. The van der Waals surface area contributed by atoms with Gasteiger partial charge in [0.2, 0.25) is 15.9 Å². The number of sulfonamides is 1. The molecule has 1 amide bonds. The number of aliphatic hydroxyl groups excluding tert-OH is 1. The third kappa shape index (κ3) is 4.41. The van der Waals surface area contributed by atoms with E-state index in [0.29, 0.717) is 41.9 Å². The Hall–Kier alpha value is -3.66. The van der Waals surface area contributed by atoms with Crippen LogP contribution in [0.1, 0.15) is 21.5 Å². The van der Waals surface area contributed by atoms with Gasteiger partial charge < -0.3 is 20.6 Å². The second kappa shape index (κ2) is 9.18. The van der Waals surface area contributed by atoms with Crippen molar-refractivity contribution in [1.82, 2.24) is 9.71 Å². The largest absolute Gasteiger partial charge is 0.492 e. The first-order valence-corrected chi connectivity index (χ1v) is 12.7. The molecule has 8 nitrogen and oxygen atoms in total. The number of carbonyl (C=O) groups is 1. The molecule has 0 unspecified atom stereocenters. The fourth-order valence-corrected chi connectivity index (χ4v) is 6.01. The molecule has 0 fully saturated rings. The lowest BCUT2D eigenvalue weighted by Crippen LogP contribution is -2.39. The molecule has 1 aliphatic rings. The highest BCUT2D eigenvalue weighted by Crippen LogP contribution is 2.38. The molecule has 1 atom stereocenters. The number of carbonyl (C=O) groups excluding carboxylic acids is 1. The van der Waals surface area contributed by atoms with Gasteiger partial charge in [0, 0.05) is 35.1 Å². The van der Waals surface area contributed by atoms with Crippen molar-refractivity contribution in [3.05, 3.63) is 83.6 Å².